The molecule has 1 aliphatic heterocycles. The quantitative estimate of drug-likeness (QED) is 0.863. The normalized spacial score (nSPS) is 21.3. The zero-order valence-corrected chi connectivity index (χ0v) is 15.2. The van der Waals surface area contributed by atoms with E-state index in [-0.39, 0.29) is 5.92 Å². The van der Waals surface area contributed by atoms with E-state index in [2.05, 4.69) is 15.9 Å². The lowest BCUT2D eigenvalue weighted by Crippen LogP contribution is -2.43. The standard InChI is InChI=1S/C17H22BrNO4/c1-17(2,3)23-16(22)19-10-12(9-14(19)15(20)21)8-11-4-6-13(18)7-5-11/h4-7,12,14H,8-10H2,1-3H3,(H,20,21)/t12-,14+/m0/s1. The molecule has 6 heteroatoms. The fourth-order valence-electron chi connectivity index (χ4n) is 2.78. The van der Waals surface area contributed by atoms with Crippen LogP contribution in [-0.2, 0) is 16.0 Å². The van der Waals surface area contributed by atoms with E-state index in [9.17, 15) is 14.7 Å². The molecule has 1 aromatic rings. The van der Waals surface area contributed by atoms with Crippen LogP contribution in [0.3, 0.4) is 0 Å². The molecule has 1 aromatic carbocycles. The van der Waals surface area contributed by atoms with Crippen molar-refractivity contribution >= 4 is 28.0 Å². The summed E-state index contributed by atoms with van der Waals surface area (Å²) in [5.74, 6) is -0.862. The van der Waals surface area contributed by atoms with Crippen molar-refractivity contribution in [1.82, 2.24) is 4.90 Å². The Morgan fingerprint density at radius 2 is 1.91 bits per heavy atom. The first-order chi connectivity index (χ1) is 10.7. The summed E-state index contributed by atoms with van der Waals surface area (Å²) >= 11 is 3.40. The highest BCUT2D eigenvalue weighted by atomic mass is 79.9. The first-order valence-electron chi connectivity index (χ1n) is 7.62. The van der Waals surface area contributed by atoms with Crippen LogP contribution in [0.25, 0.3) is 0 Å². The molecule has 0 unspecified atom stereocenters. The summed E-state index contributed by atoms with van der Waals surface area (Å²) in [4.78, 5) is 25.1. The summed E-state index contributed by atoms with van der Waals surface area (Å²) in [5.41, 5.74) is 0.498. The van der Waals surface area contributed by atoms with Crippen molar-refractivity contribution in [3.8, 4) is 0 Å². The molecule has 0 bridgehead atoms. The number of carbonyl (C=O) groups excluding carboxylic acids is 1. The maximum atomic E-state index is 12.3. The van der Waals surface area contributed by atoms with Gasteiger partial charge in [0, 0.05) is 11.0 Å². The highest BCUT2D eigenvalue weighted by Crippen LogP contribution is 2.28. The van der Waals surface area contributed by atoms with Crippen LogP contribution in [0.4, 0.5) is 4.79 Å². The first-order valence-corrected chi connectivity index (χ1v) is 8.42. The molecule has 0 radical (unpaired) electrons. The molecule has 0 saturated carbocycles. The average Bonchev–Trinajstić information content (AvgIpc) is 2.84. The van der Waals surface area contributed by atoms with E-state index in [1.54, 1.807) is 20.8 Å². The van der Waals surface area contributed by atoms with Gasteiger partial charge < -0.3 is 9.84 Å². The van der Waals surface area contributed by atoms with E-state index < -0.39 is 23.7 Å². The molecule has 126 valence electrons. The maximum Gasteiger partial charge on any atom is 0.411 e. The zero-order chi connectivity index (χ0) is 17.2. The number of benzene rings is 1. The lowest BCUT2D eigenvalue weighted by Gasteiger charge is -2.26. The minimum absolute atomic E-state index is 0.116. The van der Waals surface area contributed by atoms with Crippen molar-refractivity contribution in [3.05, 3.63) is 34.3 Å². The average molecular weight is 384 g/mol. The lowest BCUT2D eigenvalue weighted by atomic mass is 9.97. The van der Waals surface area contributed by atoms with Gasteiger partial charge in [0.05, 0.1) is 0 Å². The minimum Gasteiger partial charge on any atom is -0.480 e. The second kappa shape index (κ2) is 6.91. The SMILES string of the molecule is CC(C)(C)OC(=O)N1C[C@@H](Cc2ccc(Br)cc2)C[C@@H]1C(=O)O. The van der Waals surface area contributed by atoms with Crippen LogP contribution < -0.4 is 0 Å². The molecule has 23 heavy (non-hydrogen) atoms. The molecule has 1 aliphatic rings. The van der Waals surface area contributed by atoms with Crippen LogP contribution in [-0.4, -0.2) is 40.3 Å². The Morgan fingerprint density at radius 1 is 1.30 bits per heavy atom. The number of aliphatic carboxylic acids is 1. The number of halogens is 1. The third-order valence-corrected chi connectivity index (χ3v) is 4.27. The number of carboxylic acids is 1. The molecule has 0 spiro atoms. The van der Waals surface area contributed by atoms with Crippen LogP contribution in [0.2, 0.25) is 0 Å². The summed E-state index contributed by atoms with van der Waals surface area (Å²) in [6.45, 7) is 5.73. The molecule has 1 saturated heterocycles. The predicted molar refractivity (Wildman–Crippen MR) is 90.3 cm³/mol. The van der Waals surface area contributed by atoms with Crippen LogP contribution in [0.5, 0.6) is 0 Å². The lowest BCUT2D eigenvalue weighted by molar-refractivity contribution is -0.142. The summed E-state index contributed by atoms with van der Waals surface area (Å²) in [5, 5.41) is 9.40. The van der Waals surface area contributed by atoms with Crippen molar-refractivity contribution in [2.75, 3.05) is 6.54 Å². The second-order valence-electron chi connectivity index (χ2n) is 6.92. The van der Waals surface area contributed by atoms with E-state index in [4.69, 9.17) is 4.74 Å². The third kappa shape index (κ3) is 4.96. The summed E-state index contributed by atoms with van der Waals surface area (Å²) in [6.07, 6.45) is 0.643. The smallest absolute Gasteiger partial charge is 0.411 e. The molecule has 0 aliphatic carbocycles. The van der Waals surface area contributed by atoms with Gasteiger partial charge in [-0.3, -0.25) is 4.90 Å². The molecule has 2 atom stereocenters. The maximum absolute atomic E-state index is 12.3. The van der Waals surface area contributed by atoms with Gasteiger partial charge in [-0.1, -0.05) is 28.1 Å². The number of rotatable bonds is 3. The molecule has 1 heterocycles. The number of carboxylic acid groups (broad SMARTS) is 1. The van der Waals surface area contributed by atoms with Crippen molar-refractivity contribution in [2.45, 2.75) is 45.3 Å². The van der Waals surface area contributed by atoms with E-state index >= 15 is 0 Å². The van der Waals surface area contributed by atoms with Crippen molar-refractivity contribution < 1.29 is 19.4 Å². The summed E-state index contributed by atoms with van der Waals surface area (Å²) in [7, 11) is 0. The van der Waals surface area contributed by atoms with E-state index in [1.165, 1.54) is 4.90 Å². The molecule has 5 nitrogen and oxygen atoms in total. The van der Waals surface area contributed by atoms with Crippen LogP contribution >= 0.6 is 15.9 Å². The highest BCUT2D eigenvalue weighted by molar-refractivity contribution is 9.10. The van der Waals surface area contributed by atoms with Crippen LogP contribution in [0, 0.1) is 5.92 Å². The second-order valence-corrected chi connectivity index (χ2v) is 7.83. The van der Waals surface area contributed by atoms with Gasteiger partial charge in [-0.05, 0) is 57.2 Å². The van der Waals surface area contributed by atoms with Crippen molar-refractivity contribution in [1.29, 1.82) is 0 Å². The van der Waals surface area contributed by atoms with Gasteiger partial charge in [-0.15, -0.1) is 0 Å². The number of hydrogen-bond donors (Lipinski definition) is 1. The van der Waals surface area contributed by atoms with E-state index in [1.807, 2.05) is 24.3 Å². The number of carbonyl (C=O) groups is 2. The Kier molecular flexibility index (Phi) is 5.34. The van der Waals surface area contributed by atoms with Gasteiger partial charge in [0.25, 0.3) is 0 Å². The molecular weight excluding hydrogens is 362 g/mol. The number of likely N-dealkylation sites (tertiary alicyclic amines) is 1. The molecule has 1 amide bonds. The van der Waals surface area contributed by atoms with Gasteiger partial charge in [0.2, 0.25) is 0 Å². The van der Waals surface area contributed by atoms with Gasteiger partial charge in [0.1, 0.15) is 11.6 Å². The minimum atomic E-state index is -0.978. The Labute approximate surface area is 144 Å². The molecule has 2 rings (SSSR count). The fraction of sp³-hybridized carbons (Fsp3) is 0.529. The zero-order valence-electron chi connectivity index (χ0n) is 13.6. The number of amides is 1. The molecule has 1 N–H and O–H groups in total. The largest absolute Gasteiger partial charge is 0.480 e. The summed E-state index contributed by atoms with van der Waals surface area (Å²) < 4.78 is 6.34. The van der Waals surface area contributed by atoms with E-state index in [0.717, 1.165) is 16.5 Å². The Hall–Kier alpha value is -1.56. The van der Waals surface area contributed by atoms with Gasteiger partial charge >= 0.3 is 12.1 Å². The van der Waals surface area contributed by atoms with Crippen molar-refractivity contribution in [2.24, 2.45) is 5.92 Å². The molecule has 1 fully saturated rings. The van der Waals surface area contributed by atoms with Gasteiger partial charge in [-0.25, -0.2) is 9.59 Å². The summed E-state index contributed by atoms with van der Waals surface area (Å²) in [6, 6.07) is 7.13. The van der Waals surface area contributed by atoms with Crippen LogP contribution in [0.1, 0.15) is 32.8 Å². The van der Waals surface area contributed by atoms with E-state index in [0.29, 0.717) is 13.0 Å². The number of ether oxygens (including phenoxy) is 1. The topological polar surface area (TPSA) is 66.8 Å². The van der Waals surface area contributed by atoms with Crippen LogP contribution in [0.15, 0.2) is 28.7 Å². The number of nitrogens with zero attached hydrogens (tertiary/aromatic N) is 1. The third-order valence-electron chi connectivity index (χ3n) is 3.74. The first kappa shape index (κ1) is 17.8. The monoisotopic (exact) mass is 383 g/mol. The van der Waals surface area contributed by atoms with Crippen molar-refractivity contribution in [3.63, 3.8) is 0 Å². The molecular formula is C17H22BrNO4. The Bertz CT molecular complexity index is 579. The predicted octanol–water partition coefficient (Wildman–Crippen LogP) is 3.70. The van der Waals surface area contributed by atoms with Gasteiger partial charge in [-0.2, -0.15) is 0 Å². The van der Waals surface area contributed by atoms with Gasteiger partial charge in [0.15, 0.2) is 0 Å². The Morgan fingerprint density at radius 3 is 2.43 bits per heavy atom. The fourth-order valence-corrected chi connectivity index (χ4v) is 3.05. The molecule has 0 aromatic heterocycles. The highest BCUT2D eigenvalue weighted by Gasteiger charge is 2.41. The number of hydrogen-bond acceptors (Lipinski definition) is 3. The Balaban J connectivity index is 2.06.